The fourth-order valence-corrected chi connectivity index (χ4v) is 6.06. The average molecular weight is 346 g/mol. The molecule has 5 atom stereocenters. The van der Waals surface area contributed by atoms with Crippen LogP contribution in [0.5, 0.6) is 0 Å². The van der Waals surface area contributed by atoms with Crippen molar-refractivity contribution < 1.29 is 9.53 Å². The predicted octanol–water partition coefficient (Wildman–Crippen LogP) is 5.29. The largest absolute Gasteiger partial charge is 0.381 e. The fourth-order valence-electron chi connectivity index (χ4n) is 6.06. The molecule has 0 aliphatic heterocycles. The highest BCUT2D eigenvalue weighted by Gasteiger charge is 2.43. The van der Waals surface area contributed by atoms with Crippen molar-refractivity contribution in [1.29, 1.82) is 5.26 Å². The Morgan fingerprint density at radius 1 is 0.920 bits per heavy atom. The lowest BCUT2D eigenvalue weighted by molar-refractivity contribution is -0.134. The molecule has 0 spiro atoms. The van der Waals surface area contributed by atoms with Crippen molar-refractivity contribution in [1.82, 2.24) is 0 Å². The zero-order valence-corrected chi connectivity index (χ0v) is 15.9. The van der Waals surface area contributed by atoms with Crippen molar-refractivity contribution in [3.05, 3.63) is 0 Å². The molecule has 3 aliphatic rings. The molecule has 3 rings (SSSR count). The standard InChI is InChI=1S/C22H35NO2/c1-25-21-14-8-7-13-19(21)22(24)20(15-23)18-12-6-5-11-17(18)16-9-3-2-4-10-16/h16-21H,2-14H2,1H3/t17-,18-,19+,20+,21-/m1/s1. The van der Waals surface area contributed by atoms with E-state index in [2.05, 4.69) is 6.07 Å². The summed E-state index contributed by atoms with van der Waals surface area (Å²) in [5.74, 6) is 1.43. The van der Waals surface area contributed by atoms with Crippen molar-refractivity contribution in [3.63, 3.8) is 0 Å². The number of carbonyl (C=O) groups is 1. The summed E-state index contributed by atoms with van der Waals surface area (Å²) in [6.45, 7) is 0. The van der Waals surface area contributed by atoms with E-state index in [-0.39, 0.29) is 17.8 Å². The van der Waals surface area contributed by atoms with Gasteiger partial charge in [-0.25, -0.2) is 0 Å². The number of Topliss-reactive ketones (excluding diaryl/α,β-unsaturated/α-hetero) is 1. The molecule has 3 heteroatoms. The Morgan fingerprint density at radius 3 is 2.28 bits per heavy atom. The van der Waals surface area contributed by atoms with Gasteiger partial charge in [-0.3, -0.25) is 4.79 Å². The summed E-state index contributed by atoms with van der Waals surface area (Å²) in [7, 11) is 1.73. The molecule has 3 nitrogen and oxygen atoms in total. The molecule has 0 saturated heterocycles. The molecule has 0 aromatic rings. The second kappa shape index (κ2) is 9.17. The Kier molecular flexibility index (Phi) is 6.93. The van der Waals surface area contributed by atoms with Crippen LogP contribution in [0.4, 0.5) is 0 Å². The molecule has 0 N–H and O–H groups in total. The normalized spacial score (nSPS) is 35.7. The number of nitriles is 1. The van der Waals surface area contributed by atoms with Crippen molar-refractivity contribution >= 4 is 5.78 Å². The summed E-state index contributed by atoms with van der Waals surface area (Å²) >= 11 is 0. The minimum absolute atomic E-state index is 0.0359. The van der Waals surface area contributed by atoms with Gasteiger partial charge in [0.1, 0.15) is 5.92 Å². The minimum atomic E-state index is -0.395. The number of methoxy groups -OCH3 is 1. The molecule has 0 heterocycles. The number of rotatable bonds is 5. The van der Waals surface area contributed by atoms with Crippen LogP contribution >= 0.6 is 0 Å². The van der Waals surface area contributed by atoms with Gasteiger partial charge in [0.25, 0.3) is 0 Å². The van der Waals surface area contributed by atoms with Gasteiger partial charge in [-0.05, 0) is 43.4 Å². The smallest absolute Gasteiger partial charge is 0.155 e. The maximum Gasteiger partial charge on any atom is 0.155 e. The maximum atomic E-state index is 13.3. The number of ketones is 1. The van der Waals surface area contributed by atoms with Crippen LogP contribution < -0.4 is 0 Å². The van der Waals surface area contributed by atoms with Crippen molar-refractivity contribution in [2.75, 3.05) is 7.11 Å². The van der Waals surface area contributed by atoms with E-state index in [1.54, 1.807) is 7.11 Å². The van der Waals surface area contributed by atoms with Gasteiger partial charge in [0, 0.05) is 13.0 Å². The van der Waals surface area contributed by atoms with E-state index in [0.717, 1.165) is 38.0 Å². The van der Waals surface area contributed by atoms with Crippen LogP contribution in [-0.2, 0) is 9.53 Å². The monoisotopic (exact) mass is 345 g/mol. The molecular formula is C22H35NO2. The predicted molar refractivity (Wildman–Crippen MR) is 98.9 cm³/mol. The van der Waals surface area contributed by atoms with Crippen LogP contribution in [0.25, 0.3) is 0 Å². The minimum Gasteiger partial charge on any atom is -0.381 e. The topological polar surface area (TPSA) is 50.1 Å². The molecule has 3 fully saturated rings. The molecule has 0 amide bonds. The maximum absolute atomic E-state index is 13.3. The number of carbonyl (C=O) groups excluding carboxylic acids is 1. The van der Waals surface area contributed by atoms with Crippen LogP contribution in [-0.4, -0.2) is 19.0 Å². The highest BCUT2D eigenvalue weighted by atomic mass is 16.5. The van der Waals surface area contributed by atoms with Gasteiger partial charge in [-0.1, -0.05) is 57.8 Å². The zero-order valence-electron chi connectivity index (χ0n) is 15.9. The van der Waals surface area contributed by atoms with E-state index in [1.807, 2.05) is 0 Å². The SMILES string of the molecule is CO[C@@H]1CCCC[C@@H]1C(=O)[C@@H](C#N)[C@@H]1CCCC[C@@H]1C1CCCCC1. The third kappa shape index (κ3) is 4.27. The van der Waals surface area contributed by atoms with Crippen molar-refractivity contribution in [2.45, 2.75) is 89.6 Å². The second-order valence-electron chi connectivity index (χ2n) is 8.68. The van der Waals surface area contributed by atoms with E-state index in [4.69, 9.17) is 4.74 Å². The van der Waals surface area contributed by atoms with E-state index in [1.165, 1.54) is 51.4 Å². The molecule has 0 radical (unpaired) electrons. The van der Waals surface area contributed by atoms with Gasteiger partial charge in [0.05, 0.1) is 12.2 Å². The van der Waals surface area contributed by atoms with Gasteiger partial charge < -0.3 is 4.74 Å². The van der Waals surface area contributed by atoms with Crippen LogP contribution in [0.15, 0.2) is 0 Å². The van der Waals surface area contributed by atoms with Crippen molar-refractivity contribution in [2.24, 2.45) is 29.6 Å². The summed E-state index contributed by atoms with van der Waals surface area (Å²) in [4.78, 5) is 13.3. The highest BCUT2D eigenvalue weighted by molar-refractivity contribution is 5.86. The summed E-state index contributed by atoms with van der Waals surface area (Å²) in [5.41, 5.74) is 0. The number of hydrogen-bond donors (Lipinski definition) is 0. The Hall–Kier alpha value is -0.880. The molecule has 3 saturated carbocycles. The first-order valence-corrected chi connectivity index (χ1v) is 10.7. The fraction of sp³-hybridized carbons (Fsp3) is 0.909. The van der Waals surface area contributed by atoms with E-state index >= 15 is 0 Å². The number of ether oxygens (including phenoxy) is 1. The molecular weight excluding hydrogens is 310 g/mol. The highest BCUT2D eigenvalue weighted by Crippen LogP contribution is 2.45. The van der Waals surface area contributed by atoms with Gasteiger partial charge in [0.2, 0.25) is 0 Å². The molecule has 3 aliphatic carbocycles. The Morgan fingerprint density at radius 2 is 1.56 bits per heavy atom. The van der Waals surface area contributed by atoms with Crippen LogP contribution in [0.1, 0.15) is 83.5 Å². The van der Waals surface area contributed by atoms with Crippen LogP contribution in [0.2, 0.25) is 0 Å². The van der Waals surface area contributed by atoms with Gasteiger partial charge in [0.15, 0.2) is 5.78 Å². The van der Waals surface area contributed by atoms with Gasteiger partial charge >= 0.3 is 0 Å². The Bertz CT molecular complexity index is 477. The zero-order chi connectivity index (χ0) is 17.6. The lowest BCUT2D eigenvalue weighted by atomic mass is 9.62. The molecule has 0 bridgehead atoms. The first kappa shape index (κ1) is 18.9. The summed E-state index contributed by atoms with van der Waals surface area (Å²) in [5, 5.41) is 9.94. The summed E-state index contributed by atoms with van der Waals surface area (Å²) in [6.07, 6.45) is 15.6. The average Bonchev–Trinajstić information content (AvgIpc) is 2.69. The Labute approximate surface area is 153 Å². The van der Waals surface area contributed by atoms with E-state index in [9.17, 15) is 10.1 Å². The quantitative estimate of drug-likeness (QED) is 0.680. The molecule has 25 heavy (non-hydrogen) atoms. The summed E-state index contributed by atoms with van der Waals surface area (Å²) in [6, 6.07) is 2.48. The lowest BCUT2D eigenvalue weighted by Crippen LogP contribution is -2.42. The van der Waals surface area contributed by atoms with Gasteiger partial charge in [-0.15, -0.1) is 0 Å². The third-order valence-electron chi connectivity index (χ3n) is 7.37. The van der Waals surface area contributed by atoms with Crippen LogP contribution in [0.3, 0.4) is 0 Å². The molecule has 0 aromatic heterocycles. The van der Waals surface area contributed by atoms with Crippen LogP contribution in [0, 0.1) is 40.9 Å². The van der Waals surface area contributed by atoms with Gasteiger partial charge in [-0.2, -0.15) is 5.26 Å². The molecule has 0 aromatic carbocycles. The summed E-state index contributed by atoms with van der Waals surface area (Å²) < 4.78 is 5.62. The van der Waals surface area contributed by atoms with E-state index < -0.39 is 5.92 Å². The molecule has 0 unspecified atom stereocenters. The number of nitrogens with zero attached hydrogens (tertiary/aromatic N) is 1. The number of hydrogen-bond acceptors (Lipinski definition) is 3. The molecule has 140 valence electrons. The third-order valence-corrected chi connectivity index (χ3v) is 7.37. The first-order chi connectivity index (χ1) is 12.3. The van der Waals surface area contributed by atoms with Crippen molar-refractivity contribution in [3.8, 4) is 6.07 Å². The first-order valence-electron chi connectivity index (χ1n) is 10.7. The Balaban J connectivity index is 1.74. The van der Waals surface area contributed by atoms with E-state index in [0.29, 0.717) is 11.8 Å². The lowest BCUT2D eigenvalue weighted by Gasteiger charge is -2.41. The second-order valence-corrected chi connectivity index (χ2v) is 8.68.